The smallest absolute Gasteiger partial charge is 0.323 e. The van der Waals surface area contributed by atoms with Gasteiger partial charge in [-0.1, -0.05) is 22.0 Å². The normalized spacial score (nSPS) is 18.2. The van der Waals surface area contributed by atoms with E-state index in [4.69, 9.17) is 4.42 Å². The van der Waals surface area contributed by atoms with E-state index in [1.165, 1.54) is 0 Å². The monoisotopic (exact) mass is 352 g/mol. The van der Waals surface area contributed by atoms with Gasteiger partial charge in [0, 0.05) is 22.5 Å². The molecule has 1 fully saturated rings. The number of hydrogen-bond acceptors (Lipinski definition) is 3. The number of nitrogens with one attached hydrogen (secondary N) is 1. The minimum Gasteiger partial charge on any atom is -0.466 e. The van der Waals surface area contributed by atoms with Crippen molar-refractivity contribution in [3.05, 3.63) is 52.9 Å². The van der Waals surface area contributed by atoms with E-state index in [9.17, 15) is 4.79 Å². The second-order valence-corrected chi connectivity index (χ2v) is 6.48. The second-order valence-electron chi connectivity index (χ2n) is 4.37. The van der Waals surface area contributed by atoms with Gasteiger partial charge in [-0.3, -0.25) is 0 Å². The number of halogens is 1. The molecule has 20 heavy (non-hydrogen) atoms. The molecule has 0 bridgehead atoms. The highest BCUT2D eigenvalue weighted by Gasteiger charge is 2.32. The predicted molar refractivity (Wildman–Crippen MR) is 83.8 cm³/mol. The molecule has 104 valence electrons. The van der Waals surface area contributed by atoms with Crippen molar-refractivity contribution < 1.29 is 9.21 Å². The van der Waals surface area contributed by atoms with Crippen LogP contribution in [-0.2, 0) is 0 Å². The van der Waals surface area contributed by atoms with E-state index >= 15 is 0 Å². The van der Waals surface area contributed by atoms with Crippen molar-refractivity contribution in [2.75, 3.05) is 17.6 Å². The Kier molecular flexibility index (Phi) is 4.03. The van der Waals surface area contributed by atoms with Gasteiger partial charge in [0.1, 0.15) is 11.1 Å². The fourth-order valence-electron chi connectivity index (χ4n) is 2.11. The summed E-state index contributed by atoms with van der Waals surface area (Å²) < 4.78 is 6.36. The van der Waals surface area contributed by atoms with Gasteiger partial charge in [0.15, 0.2) is 0 Å². The molecule has 1 saturated heterocycles. The van der Waals surface area contributed by atoms with Crippen LogP contribution in [0.3, 0.4) is 0 Å². The lowest BCUT2D eigenvalue weighted by Gasteiger charge is -2.22. The van der Waals surface area contributed by atoms with E-state index in [1.807, 2.05) is 36.4 Å². The van der Waals surface area contributed by atoms with Crippen molar-refractivity contribution in [1.29, 1.82) is 0 Å². The molecule has 6 heteroatoms. The van der Waals surface area contributed by atoms with E-state index < -0.39 is 0 Å². The molecular formula is C14H13BrN2O2S. The molecule has 1 aliphatic heterocycles. The quantitative estimate of drug-likeness (QED) is 0.875. The number of carbonyl (C=O) groups excluding carboxylic acids is 1. The number of benzene rings is 1. The molecule has 1 atom stereocenters. The van der Waals surface area contributed by atoms with Gasteiger partial charge >= 0.3 is 6.03 Å². The maximum Gasteiger partial charge on any atom is 0.323 e. The molecule has 1 aromatic heterocycles. The molecule has 0 radical (unpaired) electrons. The number of nitrogens with zero attached hydrogens (tertiary/aromatic N) is 1. The first-order chi connectivity index (χ1) is 9.74. The van der Waals surface area contributed by atoms with Crippen LogP contribution >= 0.6 is 27.7 Å². The van der Waals surface area contributed by atoms with Crippen molar-refractivity contribution in [2.45, 2.75) is 5.37 Å². The van der Waals surface area contributed by atoms with E-state index in [-0.39, 0.29) is 11.4 Å². The van der Waals surface area contributed by atoms with Crippen molar-refractivity contribution in [3.8, 4) is 0 Å². The number of urea groups is 1. The molecule has 0 saturated carbocycles. The molecule has 1 aromatic carbocycles. The van der Waals surface area contributed by atoms with E-state index in [0.29, 0.717) is 0 Å². The molecule has 4 nitrogen and oxygen atoms in total. The predicted octanol–water partition coefficient (Wildman–Crippen LogP) is 4.32. The lowest BCUT2D eigenvalue weighted by Crippen LogP contribution is -2.34. The van der Waals surface area contributed by atoms with Gasteiger partial charge in [-0.05, 0) is 30.3 Å². The highest BCUT2D eigenvalue weighted by molar-refractivity contribution is 9.10. The van der Waals surface area contributed by atoms with Crippen LogP contribution in [0.5, 0.6) is 0 Å². The number of carbonyl (C=O) groups is 1. The number of hydrogen-bond donors (Lipinski definition) is 1. The van der Waals surface area contributed by atoms with Crippen LogP contribution in [0.15, 0.2) is 51.6 Å². The fraction of sp³-hybridized carbons (Fsp3) is 0.214. The van der Waals surface area contributed by atoms with E-state index in [1.54, 1.807) is 22.9 Å². The maximum atomic E-state index is 12.4. The Morgan fingerprint density at radius 3 is 3.05 bits per heavy atom. The largest absolute Gasteiger partial charge is 0.466 e. The van der Waals surface area contributed by atoms with Crippen LogP contribution in [0.1, 0.15) is 11.1 Å². The highest BCUT2D eigenvalue weighted by atomic mass is 79.9. The third kappa shape index (κ3) is 2.86. The molecule has 2 amide bonds. The van der Waals surface area contributed by atoms with Crippen molar-refractivity contribution in [2.24, 2.45) is 0 Å². The zero-order valence-corrected chi connectivity index (χ0v) is 13.0. The van der Waals surface area contributed by atoms with Crippen molar-refractivity contribution in [1.82, 2.24) is 4.90 Å². The number of rotatable bonds is 2. The topological polar surface area (TPSA) is 45.5 Å². The summed E-state index contributed by atoms with van der Waals surface area (Å²) in [5.41, 5.74) is 0.777. The fourth-order valence-corrected chi connectivity index (χ4v) is 3.71. The average molecular weight is 353 g/mol. The molecule has 1 aliphatic rings. The second kappa shape index (κ2) is 5.93. The molecule has 3 rings (SSSR count). The summed E-state index contributed by atoms with van der Waals surface area (Å²) in [6, 6.07) is 11.2. The van der Waals surface area contributed by atoms with E-state index in [2.05, 4.69) is 21.2 Å². The van der Waals surface area contributed by atoms with Gasteiger partial charge in [-0.25, -0.2) is 4.79 Å². The first-order valence-electron chi connectivity index (χ1n) is 6.22. The number of anilines is 1. The molecule has 1 N–H and O–H groups in total. The average Bonchev–Trinajstić information content (AvgIpc) is 3.09. The van der Waals surface area contributed by atoms with Crippen LogP contribution in [0.2, 0.25) is 0 Å². The zero-order chi connectivity index (χ0) is 13.9. The van der Waals surface area contributed by atoms with Gasteiger partial charge in [0.25, 0.3) is 0 Å². The molecule has 2 heterocycles. The first-order valence-corrected chi connectivity index (χ1v) is 8.06. The number of thioether (sulfide) groups is 1. The van der Waals surface area contributed by atoms with E-state index in [0.717, 1.165) is 28.2 Å². The molecule has 0 aliphatic carbocycles. The number of amides is 2. The maximum absolute atomic E-state index is 12.4. The number of furan rings is 1. The summed E-state index contributed by atoms with van der Waals surface area (Å²) in [5, 5.41) is 2.87. The molecule has 0 spiro atoms. The van der Waals surface area contributed by atoms with Crippen LogP contribution < -0.4 is 5.32 Å². The van der Waals surface area contributed by atoms with Crippen molar-refractivity contribution >= 4 is 39.4 Å². The third-order valence-electron chi connectivity index (χ3n) is 3.01. The van der Waals surface area contributed by atoms with Gasteiger partial charge in [0.2, 0.25) is 0 Å². The Labute approximate surface area is 129 Å². The Morgan fingerprint density at radius 2 is 2.30 bits per heavy atom. The molecule has 1 unspecified atom stereocenters. The summed E-state index contributed by atoms with van der Waals surface area (Å²) in [6.45, 7) is 0.718. The third-order valence-corrected chi connectivity index (χ3v) is 4.73. The van der Waals surface area contributed by atoms with Gasteiger partial charge in [-0.2, -0.15) is 0 Å². The highest BCUT2D eigenvalue weighted by Crippen LogP contribution is 2.38. The summed E-state index contributed by atoms with van der Waals surface area (Å²) in [4.78, 5) is 14.2. The van der Waals surface area contributed by atoms with Crippen LogP contribution in [0.4, 0.5) is 10.5 Å². The lowest BCUT2D eigenvalue weighted by molar-refractivity contribution is 0.210. The first kappa shape index (κ1) is 13.6. The van der Waals surface area contributed by atoms with Crippen LogP contribution in [0, 0.1) is 0 Å². The zero-order valence-electron chi connectivity index (χ0n) is 10.6. The summed E-state index contributed by atoms with van der Waals surface area (Å²) in [5.74, 6) is 1.73. The minimum atomic E-state index is -0.102. The Morgan fingerprint density at radius 1 is 1.40 bits per heavy atom. The van der Waals surface area contributed by atoms with Gasteiger partial charge in [0.05, 0.1) is 6.26 Å². The Balaban J connectivity index is 1.73. The summed E-state index contributed by atoms with van der Waals surface area (Å²) in [7, 11) is 0. The lowest BCUT2D eigenvalue weighted by atomic mass is 10.3. The van der Waals surface area contributed by atoms with Crippen LogP contribution in [-0.4, -0.2) is 23.2 Å². The summed E-state index contributed by atoms with van der Waals surface area (Å²) >= 11 is 5.11. The molecular weight excluding hydrogens is 340 g/mol. The van der Waals surface area contributed by atoms with Gasteiger partial charge < -0.3 is 14.6 Å². The minimum absolute atomic E-state index is 0.0443. The summed E-state index contributed by atoms with van der Waals surface area (Å²) in [6.07, 6.45) is 1.64. The van der Waals surface area contributed by atoms with Crippen molar-refractivity contribution in [3.63, 3.8) is 0 Å². The molecule has 2 aromatic rings. The Bertz CT molecular complexity index is 603. The Hall–Kier alpha value is -1.40. The SMILES string of the molecule is O=C(Nc1cccc(Br)c1)N1CCSC1c1ccco1. The van der Waals surface area contributed by atoms with Crippen LogP contribution in [0.25, 0.3) is 0 Å². The standard InChI is InChI=1S/C14H13BrN2O2S/c15-10-3-1-4-11(9-10)16-14(18)17-6-8-20-13(17)12-5-2-7-19-12/h1-5,7,9,13H,6,8H2,(H,16,18). The van der Waals surface area contributed by atoms with Gasteiger partial charge in [-0.15, -0.1) is 11.8 Å².